The van der Waals surface area contributed by atoms with E-state index < -0.39 is 28.8 Å². The molecule has 1 N–H and O–H groups in total. The summed E-state index contributed by atoms with van der Waals surface area (Å²) >= 11 is 12.5. The Morgan fingerprint density at radius 2 is 1.74 bits per heavy atom. The van der Waals surface area contributed by atoms with Crippen LogP contribution in [-0.4, -0.2) is 39.7 Å². The zero-order chi connectivity index (χ0) is 26.0. The van der Waals surface area contributed by atoms with E-state index >= 15 is 0 Å². The van der Waals surface area contributed by atoms with Gasteiger partial charge in [0.25, 0.3) is 0 Å². The van der Waals surface area contributed by atoms with Crippen molar-refractivity contribution in [3.05, 3.63) is 69.7 Å². The Hall–Kier alpha value is -2.37. The SMILES string of the molecule is CC[C@](C)(C(=O)[C@H](c1cccc(Cl)c1)C(C)(C)c1ccc(Cl)cc1)N1CCCC(CC(=O)O)C1=O. The predicted octanol–water partition coefficient (Wildman–Crippen LogP) is 6.51. The first kappa shape index (κ1) is 27.2. The summed E-state index contributed by atoms with van der Waals surface area (Å²) in [6, 6.07) is 14.8. The lowest BCUT2D eigenvalue weighted by molar-refractivity contribution is -0.156. The predicted molar refractivity (Wildman–Crippen MR) is 139 cm³/mol. The van der Waals surface area contributed by atoms with E-state index in [0.29, 0.717) is 35.9 Å². The highest BCUT2D eigenvalue weighted by molar-refractivity contribution is 6.31. The molecule has 3 rings (SSSR count). The fourth-order valence-electron chi connectivity index (χ4n) is 5.28. The Balaban J connectivity index is 2.11. The highest BCUT2D eigenvalue weighted by Crippen LogP contribution is 2.44. The van der Waals surface area contributed by atoms with Crippen LogP contribution in [0.4, 0.5) is 0 Å². The van der Waals surface area contributed by atoms with Crippen molar-refractivity contribution in [2.45, 2.75) is 70.3 Å². The van der Waals surface area contributed by atoms with Crippen molar-refractivity contribution in [2.24, 2.45) is 5.92 Å². The second-order valence-corrected chi connectivity index (χ2v) is 11.0. The molecule has 2 aromatic rings. The summed E-state index contributed by atoms with van der Waals surface area (Å²) in [6.07, 6.45) is 1.36. The normalized spacial score (nSPS) is 19.2. The van der Waals surface area contributed by atoms with E-state index in [4.69, 9.17) is 23.2 Å². The third-order valence-corrected chi connectivity index (χ3v) is 8.03. The molecular weight excluding hydrogens is 485 g/mol. The van der Waals surface area contributed by atoms with Crippen LogP contribution in [0.1, 0.15) is 70.4 Å². The molecule has 0 bridgehead atoms. The van der Waals surface area contributed by atoms with Gasteiger partial charge in [0.2, 0.25) is 5.91 Å². The molecule has 1 aliphatic heterocycles. The number of carbonyl (C=O) groups is 3. The maximum atomic E-state index is 14.6. The Morgan fingerprint density at radius 3 is 2.31 bits per heavy atom. The fraction of sp³-hybridized carbons (Fsp3) is 0.464. The molecule has 0 aliphatic carbocycles. The van der Waals surface area contributed by atoms with Crippen molar-refractivity contribution >= 4 is 40.9 Å². The first-order chi connectivity index (χ1) is 16.4. The van der Waals surface area contributed by atoms with Crippen LogP contribution >= 0.6 is 23.2 Å². The van der Waals surface area contributed by atoms with Crippen LogP contribution in [-0.2, 0) is 19.8 Å². The highest BCUT2D eigenvalue weighted by Gasteiger charge is 2.50. The molecule has 1 heterocycles. The Bertz CT molecular complexity index is 1100. The number of nitrogens with zero attached hydrogens (tertiary/aromatic N) is 1. The van der Waals surface area contributed by atoms with Crippen molar-refractivity contribution in [3.8, 4) is 0 Å². The summed E-state index contributed by atoms with van der Waals surface area (Å²) in [5.74, 6) is -2.58. The van der Waals surface area contributed by atoms with Gasteiger partial charge in [-0.3, -0.25) is 14.4 Å². The number of hydrogen-bond acceptors (Lipinski definition) is 3. The molecule has 3 atom stereocenters. The van der Waals surface area contributed by atoms with Gasteiger partial charge in [0.15, 0.2) is 5.78 Å². The molecule has 0 saturated carbocycles. The molecule has 35 heavy (non-hydrogen) atoms. The largest absolute Gasteiger partial charge is 0.481 e. The standard InChI is InChI=1S/C28H33Cl2NO4/c1-5-28(4,31-15-7-9-19(26(31)35)17-23(32)33)25(34)24(18-8-6-10-22(30)16-18)27(2,3)20-11-13-21(29)14-12-20/h6,8,10-14,16,19,24H,5,7,9,15,17H2,1-4H3,(H,32,33)/t19?,24-,28+/m0/s1. The quantitative estimate of drug-likeness (QED) is 0.411. The van der Waals surface area contributed by atoms with Gasteiger partial charge in [-0.25, -0.2) is 0 Å². The van der Waals surface area contributed by atoms with E-state index in [1.54, 1.807) is 11.0 Å². The average Bonchev–Trinajstić information content (AvgIpc) is 2.80. The lowest BCUT2D eigenvalue weighted by Crippen LogP contribution is -2.60. The van der Waals surface area contributed by atoms with Crippen molar-refractivity contribution in [1.29, 1.82) is 0 Å². The van der Waals surface area contributed by atoms with Crippen LogP contribution in [0.2, 0.25) is 10.0 Å². The van der Waals surface area contributed by atoms with E-state index in [-0.39, 0.29) is 18.1 Å². The molecule has 2 aromatic carbocycles. The van der Waals surface area contributed by atoms with Crippen LogP contribution in [0.5, 0.6) is 0 Å². The first-order valence-electron chi connectivity index (χ1n) is 12.0. The van der Waals surface area contributed by atoms with Crippen LogP contribution in [0.25, 0.3) is 0 Å². The molecule has 1 saturated heterocycles. The number of rotatable bonds is 9. The van der Waals surface area contributed by atoms with Crippen molar-refractivity contribution in [2.75, 3.05) is 6.54 Å². The maximum Gasteiger partial charge on any atom is 0.304 e. The number of piperidine rings is 1. The number of likely N-dealkylation sites (tertiary alicyclic amines) is 1. The Kier molecular flexibility index (Phi) is 8.33. The number of aliphatic carboxylic acids is 1. The Labute approximate surface area is 217 Å². The fourth-order valence-corrected chi connectivity index (χ4v) is 5.60. The second-order valence-electron chi connectivity index (χ2n) is 10.1. The van der Waals surface area contributed by atoms with Crippen molar-refractivity contribution in [1.82, 2.24) is 4.90 Å². The molecule has 0 spiro atoms. The molecule has 1 amide bonds. The number of amides is 1. The van der Waals surface area contributed by atoms with E-state index in [9.17, 15) is 19.5 Å². The molecule has 5 nitrogen and oxygen atoms in total. The van der Waals surface area contributed by atoms with Gasteiger partial charge >= 0.3 is 5.97 Å². The Morgan fingerprint density at radius 1 is 1.09 bits per heavy atom. The van der Waals surface area contributed by atoms with Gasteiger partial charge in [-0.05, 0) is 61.6 Å². The number of ketones is 1. The molecule has 7 heteroatoms. The first-order valence-corrected chi connectivity index (χ1v) is 12.8. The van der Waals surface area contributed by atoms with Crippen LogP contribution in [0.3, 0.4) is 0 Å². The van der Waals surface area contributed by atoms with Crippen LogP contribution < -0.4 is 0 Å². The number of carboxylic acid groups (broad SMARTS) is 1. The third kappa shape index (κ3) is 5.57. The summed E-state index contributed by atoms with van der Waals surface area (Å²) in [5.41, 5.74) is -0.0476. The summed E-state index contributed by atoms with van der Waals surface area (Å²) in [5, 5.41) is 10.4. The molecule has 0 aromatic heterocycles. The van der Waals surface area contributed by atoms with Crippen LogP contribution in [0, 0.1) is 5.92 Å². The number of halogens is 2. The minimum absolute atomic E-state index is 0.0912. The summed E-state index contributed by atoms with van der Waals surface area (Å²) in [6.45, 7) is 8.17. The third-order valence-electron chi connectivity index (χ3n) is 7.54. The zero-order valence-electron chi connectivity index (χ0n) is 20.7. The molecular formula is C28H33Cl2NO4. The number of benzene rings is 2. The number of hydrogen-bond donors (Lipinski definition) is 1. The summed E-state index contributed by atoms with van der Waals surface area (Å²) in [7, 11) is 0. The van der Waals surface area contributed by atoms with E-state index in [0.717, 1.165) is 11.1 Å². The highest BCUT2D eigenvalue weighted by atomic mass is 35.5. The minimum atomic E-state index is -1.11. The van der Waals surface area contributed by atoms with Gasteiger partial charge in [0.05, 0.1) is 17.9 Å². The topological polar surface area (TPSA) is 74.7 Å². The molecule has 1 fully saturated rings. The lowest BCUT2D eigenvalue weighted by Gasteiger charge is -2.47. The molecule has 1 unspecified atom stereocenters. The average molecular weight is 518 g/mol. The van der Waals surface area contributed by atoms with Crippen molar-refractivity contribution < 1.29 is 19.5 Å². The minimum Gasteiger partial charge on any atom is -0.481 e. The summed E-state index contributed by atoms with van der Waals surface area (Å²) in [4.78, 5) is 41.0. The van der Waals surface area contributed by atoms with Gasteiger partial charge in [-0.1, -0.05) is 68.2 Å². The number of carboxylic acids is 1. The van der Waals surface area contributed by atoms with Gasteiger partial charge < -0.3 is 10.0 Å². The monoisotopic (exact) mass is 517 g/mol. The van der Waals surface area contributed by atoms with Gasteiger partial charge in [-0.2, -0.15) is 0 Å². The summed E-state index contributed by atoms with van der Waals surface area (Å²) < 4.78 is 0. The van der Waals surface area contributed by atoms with E-state index in [1.165, 1.54) is 0 Å². The molecule has 1 aliphatic rings. The number of Topliss-reactive ketones (excluding diaryl/α,β-unsaturated/α-hetero) is 1. The molecule has 0 radical (unpaired) electrons. The maximum absolute atomic E-state index is 14.6. The van der Waals surface area contributed by atoms with Crippen LogP contribution in [0.15, 0.2) is 48.5 Å². The van der Waals surface area contributed by atoms with Gasteiger partial charge in [-0.15, -0.1) is 0 Å². The number of carbonyl (C=O) groups excluding carboxylic acids is 2. The zero-order valence-corrected chi connectivity index (χ0v) is 22.2. The lowest BCUT2D eigenvalue weighted by atomic mass is 9.64. The smallest absolute Gasteiger partial charge is 0.304 e. The van der Waals surface area contributed by atoms with Gasteiger partial charge in [0, 0.05) is 27.9 Å². The van der Waals surface area contributed by atoms with Crippen molar-refractivity contribution in [3.63, 3.8) is 0 Å². The van der Waals surface area contributed by atoms with E-state index in [1.807, 2.05) is 70.2 Å². The molecule has 188 valence electrons. The van der Waals surface area contributed by atoms with Gasteiger partial charge in [0.1, 0.15) is 0 Å². The second kappa shape index (κ2) is 10.7. The van der Waals surface area contributed by atoms with E-state index in [2.05, 4.69) is 0 Å².